The molecule has 1 heterocycles. The Hall–Kier alpha value is -2.15. The van der Waals surface area contributed by atoms with Crippen molar-refractivity contribution in [2.75, 3.05) is 20.3 Å². The molecule has 0 spiro atoms. The molecule has 2 aromatic carbocycles. The molecule has 0 unspecified atom stereocenters. The molecule has 0 atom stereocenters. The first-order valence-corrected chi connectivity index (χ1v) is 9.42. The Morgan fingerprint density at radius 3 is 2.69 bits per heavy atom. The van der Waals surface area contributed by atoms with Crippen LogP contribution in [0, 0.1) is 0 Å². The number of ether oxygens (including phenoxy) is 2. The van der Waals surface area contributed by atoms with Crippen molar-refractivity contribution in [3.63, 3.8) is 0 Å². The number of benzene rings is 2. The molecule has 0 bridgehead atoms. The zero-order valence-electron chi connectivity index (χ0n) is 14.6. The highest BCUT2D eigenvalue weighted by Gasteiger charge is 2.13. The number of rotatable bonds is 6. The number of para-hydroxylation sites is 1. The Labute approximate surface area is 160 Å². The monoisotopic (exact) mass is 390 g/mol. The fraction of sp³-hybridized carbons (Fsp3) is 0.263. The third-order valence-corrected chi connectivity index (χ3v) is 5.07. The number of carbonyl (C=O) groups excluding carboxylic acids is 1. The minimum absolute atomic E-state index is 0.308. The number of thiazole rings is 1. The highest BCUT2D eigenvalue weighted by atomic mass is 35.5. The number of amides is 1. The average Bonchev–Trinajstić information content (AvgIpc) is 2.98. The van der Waals surface area contributed by atoms with Gasteiger partial charge in [0.05, 0.1) is 17.9 Å². The summed E-state index contributed by atoms with van der Waals surface area (Å²) in [6.45, 7) is 3.59. The van der Waals surface area contributed by atoms with Gasteiger partial charge in [-0.2, -0.15) is 4.99 Å². The van der Waals surface area contributed by atoms with Gasteiger partial charge in [0.1, 0.15) is 11.3 Å². The third kappa shape index (κ3) is 3.98. The van der Waals surface area contributed by atoms with Gasteiger partial charge in [-0.3, -0.25) is 4.79 Å². The van der Waals surface area contributed by atoms with Gasteiger partial charge >= 0.3 is 0 Å². The van der Waals surface area contributed by atoms with Gasteiger partial charge in [0.25, 0.3) is 5.91 Å². The number of fused-ring (bicyclic) bond motifs is 1. The van der Waals surface area contributed by atoms with Crippen LogP contribution in [0.3, 0.4) is 0 Å². The summed E-state index contributed by atoms with van der Waals surface area (Å²) < 4.78 is 14.0. The van der Waals surface area contributed by atoms with E-state index in [1.807, 2.05) is 29.7 Å². The Kier molecular flexibility index (Phi) is 6.08. The molecule has 5 nitrogen and oxygen atoms in total. The highest BCUT2D eigenvalue weighted by molar-refractivity contribution is 7.16. The summed E-state index contributed by atoms with van der Waals surface area (Å²) in [5.41, 5.74) is 1.43. The fourth-order valence-electron chi connectivity index (χ4n) is 2.59. The molecule has 3 aromatic rings. The van der Waals surface area contributed by atoms with Crippen LogP contribution < -0.4 is 9.54 Å². The van der Waals surface area contributed by atoms with Crippen LogP contribution in [-0.4, -0.2) is 30.8 Å². The van der Waals surface area contributed by atoms with Gasteiger partial charge in [0.2, 0.25) is 0 Å². The predicted octanol–water partition coefficient (Wildman–Crippen LogP) is 4.14. The Morgan fingerprint density at radius 2 is 2.00 bits per heavy atom. The first-order chi connectivity index (χ1) is 12.6. The molecule has 0 saturated heterocycles. The Bertz CT molecular complexity index is 977. The lowest BCUT2D eigenvalue weighted by Gasteiger charge is -2.09. The fourth-order valence-corrected chi connectivity index (χ4v) is 3.79. The average molecular weight is 391 g/mol. The molecule has 0 aliphatic carbocycles. The zero-order chi connectivity index (χ0) is 18.5. The molecule has 3 rings (SSSR count). The molecule has 7 heteroatoms. The summed E-state index contributed by atoms with van der Waals surface area (Å²) >= 11 is 7.34. The van der Waals surface area contributed by atoms with E-state index in [0.717, 1.165) is 16.0 Å². The van der Waals surface area contributed by atoms with E-state index >= 15 is 0 Å². The van der Waals surface area contributed by atoms with Crippen LogP contribution >= 0.6 is 22.9 Å². The molecule has 0 fully saturated rings. The van der Waals surface area contributed by atoms with E-state index in [2.05, 4.69) is 4.99 Å². The lowest BCUT2D eigenvalue weighted by atomic mass is 10.2. The second kappa shape index (κ2) is 8.49. The van der Waals surface area contributed by atoms with Crippen LogP contribution in [0.25, 0.3) is 10.2 Å². The van der Waals surface area contributed by atoms with Crippen molar-refractivity contribution in [3.8, 4) is 5.75 Å². The lowest BCUT2D eigenvalue weighted by molar-refractivity contribution is 0.0997. The number of methoxy groups -OCH3 is 1. The maximum absolute atomic E-state index is 12.6. The number of aromatic nitrogens is 1. The molecule has 0 saturated carbocycles. The van der Waals surface area contributed by atoms with Gasteiger partial charge in [-0.25, -0.2) is 0 Å². The first kappa shape index (κ1) is 18.6. The number of carbonyl (C=O) groups is 1. The van der Waals surface area contributed by atoms with Crippen LogP contribution in [0.15, 0.2) is 47.5 Å². The third-order valence-electron chi connectivity index (χ3n) is 3.77. The quantitative estimate of drug-likeness (QED) is 0.635. The topological polar surface area (TPSA) is 52.8 Å². The van der Waals surface area contributed by atoms with Crippen molar-refractivity contribution in [2.45, 2.75) is 13.5 Å². The minimum Gasteiger partial charge on any atom is -0.492 e. The molecule has 136 valence electrons. The minimum atomic E-state index is -0.308. The van der Waals surface area contributed by atoms with E-state index < -0.39 is 0 Å². The maximum atomic E-state index is 12.6. The van der Waals surface area contributed by atoms with Gasteiger partial charge in [-0.1, -0.05) is 29.0 Å². The van der Waals surface area contributed by atoms with Crippen LogP contribution in [-0.2, 0) is 11.3 Å². The summed E-state index contributed by atoms with van der Waals surface area (Å²) in [6, 6.07) is 12.6. The van der Waals surface area contributed by atoms with Gasteiger partial charge in [-0.05, 0) is 43.3 Å². The SMILES string of the molecule is CCOc1cccc2sc(=NC(=O)c3ccc(Cl)cc3)n(CCOC)c12. The van der Waals surface area contributed by atoms with Gasteiger partial charge in [0.15, 0.2) is 4.80 Å². The van der Waals surface area contributed by atoms with Gasteiger partial charge in [0, 0.05) is 24.2 Å². The molecule has 0 aliphatic rings. The molecule has 0 aliphatic heterocycles. The largest absolute Gasteiger partial charge is 0.492 e. The van der Waals surface area contributed by atoms with E-state index in [-0.39, 0.29) is 5.91 Å². The summed E-state index contributed by atoms with van der Waals surface area (Å²) in [7, 11) is 1.65. The normalized spacial score (nSPS) is 11.9. The smallest absolute Gasteiger partial charge is 0.279 e. The van der Waals surface area contributed by atoms with E-state index in [1.54, 1.807) is 31.4 Å². The molecule has 26 heavy (non-hydrogen) atoms. The predicted molar refractivity (Wildman–Crippen MR) is 104 cm³/mol. The van der Waals surface area contributed by atoms with Crippen LogP contribution in [0.1, 0.15) is 17.3 Å². The van der Waals surface area contributed by atoms with Crippen molar-refractivity contribution >= 4 is 39.1 Å². The number of nitrogens with zero attached hydrogens (tertiary/aromatic N) is 2. The van der Waals surface area contributed by atoms with E-state index in [1.165, 1.54) is 11.3 Å². The summed E-state index contributed by atoms with van der Waals surface area (Å²) in [5.74, 6) is 0.468. The summed E-state index contributed by atoms with van der Waals surface area (Å²) in [5, 5.41) is 0.583. The van der Waals surface area contributed by atoms with Crippen molar-refractivity contribution in [1.29, 1.82) is 0 Å². The molecule has 0 N–H and O–H groups in total. The summed E-state index contributed by atoms with van der Waals surface area (Å²) in [4.78, 5) is 17.5. The van der Waals surface area contributed by atoms with Crippen LogP contribution in [0.5, 0.6) is 5.75 Å². The number of hydrogen-bond acceptors (Lipinski definition) is 4. The molecule has 1 aromatic heterocycles. The highest BCUT2D eigenvalue weighted by Crippen LogP contribution is 2.27. The second-order valence-electron chi connectivity index (χ2n) is 5.49. The van der Waals surface area contributed by atoms with Gasteiger partial charge < -0.3 is 14.0 Å². The lowest BCUT2D eigenvalue weighted by Crippen LogP contribution is -2.19. The maximum Gasteiger partial charge on any atom is 0.279 e. The Morgan fingerprint density at radius 1 is 1.23 bits per heavy atom. The Balaban J connectivity index is 2.13. The first-order valence-electron chi connectivity index (χ1n) is 8.22. The van der Waals surface area contributed by atoms with Crippen molar-refractivity contribution in [3.05, 3.63) is 57.9 Å². The van der Waals surface area contributed by atoms with Crippen LogP contribution in [0.4, 0.5) is 0 Å². The van der Waals surface area contributed by atoms with E-state index in [4.69, 9.17) is 21.1 Å². The van der Waals surface area contributed by atoms with Crippen molar-refractivity contribution < 1.29 is 14.3 Å². The van der Waals surface area contributed by atoms with E-state index in [0.29, 0.717) is 35.1 Å². The van der Waals surface area contributed by atoms with Crippen LogP contribution in [0.2, 0.25) is 5.02 Å². The van der Waals surface area contributed by atoms with Crippen molar-refractivity contribution in [2.24, 2.45) is 4.99 Å². The molecular weight excluding hydrogens is 372 g/mol. The molecule has 1 amide bonds. The van der Waals surface area contributed by atoms with E-state index in [9.17, 15) is 4.79 Å². The second-order valence-corrected chi connectivity index (χ2v) is 6.93. The molecule has 0 radical (unpaired) electrons. The van der Waals surface area contributed by atoms with Gasteiger partial charge in [-0.15, -0.1) is 0 Å². The zero-order valence-corrected chi connectivity index (χ0v) is 16.1. The standard InChI is InChI=1S/C19H19ClN2O3S/c1-3-25-15-5-4-6-16-17(15)22(11-12-24-2)19(26-16)21-18(23)13-7-9-14(20)10-8-13/h4-10H,3,11-12H2,1-2H3. The van der Waals surface area contributed by atoms with Crippen molar-refractivity contribution in [1.82, 2.24) is 4.57 Å². The summed E-state index contributed by atoms with van der Waals surface area (Å²) in [6.07, 6.45) is 0. The number of halogens is 1. The number of hydrogen-bond donors (Lipinski definition) is 0. The molecular formula is C19H19ClN2O3S.